The van der Waals surface area contributed by atoms with E-state index < -0.39 is 5.82 Å². The molecule has 4 aromatic rings. The molecule has 11 nitrogen and oxygen atoms in total. The molecule has 2 saturated heterocycles. The smallest absolute Gasteiger partial charge is 0.319 e. The highest BCUT2D eigenvalue weighted by Crippen LogP contribution is 2.41. The molecule has 14 heteroatoms. The second kappa shape index (κ2) is 11.3. The maximum Gasteiger partial charge on any atom is 0.319 e. The van der Waals surface area contributed by atoms with E-state index in [2.05, 4.69) is 38.7 Å². The lowest BCUT2D eigenvalue weighted by molar-refractivity contribution is -0.126. The highest BCUT2D eigenvalue weighted by molar-refractivity contribution is 6.33. The number of nitrogens with zero attached hydrogens (tertiary/aromatic N) is 7. The van der Waals surface area contributed by atoms with Crippen molar-refractivity contribution in [2.75, 3.05) is 57.8 Å². The predicted molar refractivity (Wildman–Crippen MR) is 154 cm³/mol. The van der Waals surface area contributed by atoms with E-state index in [9.17, 15) is 9.18 Å². The van der Waals surface area contributed by atoms with Crippen molar-refractivity contribution in [2.45, 2.75) is 6.42 Å². The van der Waals surface area contributed by atoms with Gasteiger partial charge in [-0.3, -0.25) is 9.89 Å². The standard InChI is InChI=1S/C27H27Cl2FN8O3/c1-3-21(39)37-6-8-38(9-7-37)25-16-10-20(28)32-26(41-24-17-12-31-35-19(17)11-18(30)22(24)29)23(16)33-27(34-25)40-14-15-4-5-36(2)13-15/h3,10-12,15H,1,4-9,13-14H2,2H3,(H,31,35). The molecule has 0 aliphatic carbocycles. The first kappa shape index (κ1) is 27.4. The maximum absolute atomic E-state index is 14.6. The molecule has 0 bridgehead atoms. The minimum absolute atomic E-state index is 0.0112. The Morgan fingerprint density at radius 2 is 1.98 bits per heavy atom. The van der Waals surface area contributed by atoms with Crippen molar-refractivity contribution in [3.8, 4) is 17.6 Å². The van der Waals surface area contributed by atoms with Crippen molar-refractivity contribution >= 4 is 56.7 Å². The minimum atomic E-state index is -0.683. The number of carbonyl (C=O) groups is 1. The number of halogens is 3. The third kappa shape index (κ3) is 5.46. The van der Waals surface area contributed by atoms with Gasteiger partial charge in [0.15, 0.2) is 5.75 Å². The van der Waals surface area contributed by atoms with Crippen LogP contribution in [0.2, 0.25) is 10.2 Å². The highest BCUT2D eigenvalue weighted by atomic mass is 35.5. The van der Waals surface area contributed by atoms with Crippen molar-refractivity contribution in [3.05, 3.63) is 47.0 Å². The van der Waals surface area contributed by atoms with Crippen LogP contribution in [0.15, 0.2) is 31.0 Å². The Morgan fingerprint density at radius 1 is 1.17 bits per heavy atom. The van der Waals surface area contributed by atoms with Gasteiger partial charge >= 0.3 is 6.01 Å². The van der Waals surface area contributed by atoms with E-state index in [0.29, 0.717) is 66.3 Å². The Bertz CT molecular complexity index is 1640. The van der Waals surface area contributed by atoms with Gasteiger partial charge in [-0.2, -0.15) is 20.1 Å². The fraction of sp³-hybridized carbons (Fsp3) is 0.370. The molecule has 41 heavy (non-hydrogen) atoms. The summed E-state index contributed by atoms with van der Waals surface area (Å²) < 4.78 is 26.9. The number of hydrogen-bond acceptors (Lipinski definition) is 9. The number of likely N-dealkylation sites (tertiary alicyclic amines) is 1. The molecule has 5 heterocycles. The third-order valence-corrected chi connectivity index (χ3v) is 7.92. The molecule has 0 saturated carbocycles. The van der Waals surface area contributed by atoms with Crippen molar-refractivity contribution < 1.29 is 18.7 Å². The number of ether oxygens (including phenoxy) is 2. The second-order valence-electron chi connectivity index (χ2n) is 10.2. The molecule has 3 aromatic heterocycles. The first-order valence-electron chi connectivity index (χ1n) is 13.2. The van der Waals surface area contributed by atoms with E-state index >= 15 is 0 Å². The zero-order chi connectivity index (χ0) is 28.7. The molecule has 6 rings (SSSR count). The van der Waals surface area contributed by atoms with Gasteiger partial charge in [-0.1, -0.05) is 29.8 Å². The largest absolute Gasteiger partial charge is 0.463 e. The van der Waals surface area contributed by atoms with Crippen LogP contribution in [0.3, 0.4) is 0 Å². The van der Waals surface area contributed by atoms with Gasteiger partial charge in [0.2, 0.25) is 11.8 Å². The van der Waals surface area contributed by atoms with E-state index in [0.717, 1.165) is 19.5 Å². The Kier molecular flexibility index (Phi) is 7.54. The molecule has 2 aliphatic heterocycles. The lowest BCUT2D eigenvalue weighted by Crippen LogP contribution is -2.48. The Morgan fingerprint density at radius 3 is 2.71 bits per heavy atom. The number of pyridine rings is 1. The van der Waals surface area contributed by atoms with Gasteiger partial charge < -0.3 is 24.2 Å². The first-order valence-corrected chi connectivity index (χ1v) is 13.9. The fourth-order valence-corrected chi connectivity index (χ4v) is 5.62. The number of rotatable bonds is 7. The number of aromatic nitrogens is 5. The zero-order valence-electron chi connectivity index (χ0n) is 22.2. The van der Waals surface area contributed by atoms with E-state index in [4.69, 9.17) is 37.7 Å². The lowest BCUT2D eigenvalue weighted by atomic mass is 10.1. The predicted octanol–water partition coefficient (Wildman–Crippen LogP) is 4.30. The van der Waals surface area contributed by atoms with Crippen molar-refractivity contribution in [2.24, 2.45) is 5.92 Å². The maximum atomic E-state index is 14.6. The van der Waals surface area contributed by atoms with Crippen LogP contribution in [0.5, 0.6) is 17.6 Å². The number of aromatic amines is 1. The fourth-order valence-electron chi connectivity index (χ4n) is 5.23. The Labute approximate surface area is 244 Å². The topological polar surface area (TPSA) is 113 Å². The van der Waals surface area contributed by atoms with E-state index in [1.54, 1.807) is 11.0 Å². The van der Waals surface area contributed by atoms with Crippen LogP contribution in [-0.4, -0.2) is 93.8 Å². The van der Waals surface area contributed by atoms with Crippen molar-refractivity contribution in [3.63, 3.8) is 0 Å². The summed E-state index contributed by atoms with van der Waals surface area (Å²) in [4.78, 5) is 32.0. The number of hydrogen-bond donors (Lipinski definition) is 1. The van der Waals surface area contributed by atoms with Crippen LogP contribution in [0.1, 0.15) is 6.42 Å². The average Bonchev–Trinajstić information content (AvgIpc) is 3.62. The summed E-state index contributed by atoms with van der Waals surface area (Å²) in [6.45, 7) is 7.95. The summed E-state index contributed by atoms with van der Waals surface area (Å²) >= 11 is 12.8. The molecule has 214 valence electrons. The van der Waals surface area contributed by atoms with Gasteiger partial charge in [0.05, 0.1) is 29.1 Å². The highest BCUT2D eigenvalue weighted by Gasteiger charge is 2.27. The van der Waals surface area contributed by atoms with Crippen molar-refractivity contribution in [1.29, 1.82) is 0 Å². The summed E-state index contributed by atoms with van der Waals surface area (Å²) in [6, 6.07) is 3.04. The third-order valence-electron chi connectivity index (χ3n) is 7.37. The number of amides is 1. The number of fused-ring (bicyclic) bond motifs is 2. The molecule has 2 aliphatic rings. The summed E-state index contributed by atoms with van der Waals surface area (Å²) in [5.74, 6) is 0.139. The van der Waals surface area contributed by atoms with Crippen LogP contribution < -0.4 is 14.4 Å². The monoisotopic (exact) mass is 600 g/mol. The SMILES string of the molecule is C=CC(=O)N1CCN(c2nc(OCC3CCN(C)C3)nc3c(Oc4c(Cl)c(F)cc5[nH]ncc45)nc(Cl)cc23)CC1. The van der Waals surface area contributed by atoms with Gasteiger partial charge in [0.1, 0.15) is 27.3 Å². The average molecular weight is 601 g/mol. The molecule has 2 fully saturated rings. The summed E-state index contributed by atoms with van der Waals surface area (Å²) in [5.41, 5.74) is 0.723. The minimum Gasteiger partial charge on any atom is -0.463 e. The number of benzene rings is 1. The summed E-state index contributed by atoms with van der Waals surface area (Å²) in [5, 5.41) is 7.62. The van der Waals surface area contributed by atoms with Crippen LogP contribution >= 0.6 is 23.2 Å². The van der Waals surface area contributed by atoms with Crippen LogP contribution in [0.25, 0.3) is 21.8 Å². The van der Waals surface area contributed by atoms with Crippen LogP contribution in [-0.2, 0) is 4.79 Å². The first-order chi connectivity index (χ1) is 19.8. The number of carbonyl (C=O) groups excluding carboxylic acids is 1. The number of nitrogens with one attached hydrogen (secondary N) is 1. The molecule has 0 spiro atoms. The van der Waals surface area contributed by atoms with Gasteiger partial charge in [-0.05, 0) is 32.2 Å². The molecule has 1 atom stereocenters. The van der Waals surface area contributed by atoms with Crippen LogP contribution in [0, 0.1) is 11.7 Å². The number of anilines is 1. The zero-order valence-corrected chi connectivity index (χ0v) is 23.8. The van der Waals surface area contributed by atoms with Crippen LogP contribution in [0.4, 0.5) is 10.2 Å². The Balaban J connectivity index is 1.42. The second-order valence-corrected chi connectivity index (χ2v) is 10.9. The molecule has 1 amide bonds. The normalized spacial score (nSPS) is 17.9. The molecular weight excluding hydrogens is 574 g/mol. The van der Waals surface area contributed by atoms with Gasteiger partial charge in [0, 0.05) is 44.7 Å². The molecule has 1 N–H and O–H groups in total. The summed E-state index contributed by atoms with van der Waals surface area (Å²) in [7, 11) is 2.08. The van der Waals surface area contributed by atoms with E-state index in [1.807, 2.05) is 4.90 Å². The molecule has 0 radical (unpaired) electrons. The molecule has 1 unspecified atom stereocenters. The lowest BCUT2D eigenvalue weighted by Gasteiger charge is -2.35. The quantitative estimate of drug-likeness (QED) is 0.245. The van der Waals surface area contributed by atoms with Crippen molar-refractivity contribution in [1.82, 2.24) is 34.9 Å². The number of H-pyrrole nitrogens is 1. The van der Waals surface area contributed by atoms with E-state index in [1.165, 1.54) is 18.3 Å². The van der Waals surface area contributed by atoms with E-state index in [-0.39, 0.29) is 33.7 Å². The van der Waals surface area contributed by atoms with Gasteiger partial charge in [0.25, 0.3) is 0 Å². The summed E-state index contributed by atoms with van der Waals surface area (Å²) in [6.07, 6.45) is 3.81. The molecular formula is C27H27Cl2FN8O3. The van der Waals surface area contributed by atoms with Gasteiger partial charge in [-0.25, -0.2) is 4.39 Å². The number of piperazine rings is 1. The molecule has 1 aromatic carbocycles. The Hall–Kier alpha value is -3.74. The van der Waals surface area contributed by atoms with Gasteiger partial charge in [-0.15, -0.1) is 0 Å².